The second-order valence-electron chi connectivity index (χ2n) is 8.17. The van der Waals surface area contributed by atoms with E-state index in [4.69, 9.17) is 20.9 Å². The van der Waals surface area contributed by atoms with E-state index >= 15 is 0 Å². The SMILES string of the molecule is CC(=O)CC(=O)C(F)(F)F.CCOC(=O)c1csc(N=C(N)N)n1.CCOC(=O)c1csc(Nc2nc(C)cc(C(F)(F)F)n2)n1. The van der Waals surface area contributed by atoms with Crippen LogP contribution in [0.1, 0.15) is 59.6 Å². The van der Waals surface area contributed by atoms with Gasteiger partial charge in [0.1, 0.15) is 11.5 Å². The van der Waals surface area contributed by atoms with Gasteiger partial charge >= 0.3 is 24.3 Å². The fourth-order valence-electron chi connectivity index (χ4n) is 2.55. The molecule has 0 saturated carbocycles. The van der Waals surface area contributed by atoms with Crippen LogP contribution < -0.4 is 16.8 Å². The molecule has 5 N–H and O–H groups in total. The summed E-state index contributed by atoms with van der Waals surface area (Å²) in [6.07, 6.45) is -10.5. The van der Waals surface area contributed by atoms with E-state index in [-0.39, 0.29) is 40.7 Å². The van der Waals surface area contributed by atoms with Gasteiger partial charge in [0, 0.05) is 16.5 Å². The van der Waals surface area contributed by atoms with Crippen LogP contribution in [0.5, 0.6) is 0 Å². The highest BCUT2D eigenvalue weighted by Crippen LogP contribution is 2.29. The van der Waals surface area contributed by atoms with Crippen LogP contribution in [0.2, 0.25) is 0 Å². The molecule has 0 bridgehead atoms. The highest BCUT2D eigenvalue weighted by molar-refractivity contribution is 7.14. The Labute approximate surface area is 264 Å². The quantitative estimate of drug-likeness (QED) is 0.0923. The van der Waals surface area contributed by atoms with E-state index in [2.05, 4.69) is 30.2 Å². The molecule has 3 rings (SSSR count). The van der Waals surface area contributed by atoms with Crippen molar-refractivity contribution in [3.8, 4) is 0 Å². The smallest absolute Gasteiger partial charge is 0.450 e. The predicted molar refractivity (Wildman–Crippen MR) is 153 cm³/mol. The van der Waals surface area contributed by atoms with Crippen LogP contribution in [0.15, 0.2) is 21.8 Å². The summed E-state index contributed by atoms with van der Waals surface area (Å²) in [5, 5.41) is 6.06. The molecule has 0 aromatic carbocycles. The topological polar surface area (TPSA) is 215 Å². The molecule has 14 nitrogen and oxygen atoms in total. The van der Waals surface area contributed by atoms with E-state index < -0.39 is 48.0 Å². The van der Waals surface area contributed by atoms with E-state index in [1.165, 1.54) is 23.6 Å². The Morgan fingerprint density at radius 3 is 1.89 bits per heavy atom. The van der Waals surface area contributed by atoms with Crippen molar-refractivity contribution in [2.75, 3.05) is 18.5 Å². The van der Waals surface area contributed by atoms with Crippen molar-refractivity contribution in [2.45, 2.75) is 46.5 Å². The van der Waals surface area contributed by atoms with Crippen molar-refractivity contribution in [1.82, 2.24) is 19.9 Å². The minimum atomic E-state index is -4.87. The van der Waals surface area contributed by atoms with Gasteiger partial charge in [-0.1, -0.05) is 0 Å². The summed E-state index contributed by atoms with van der Waals surface area (Å²) in [6, 6.07) is 0.844. The van der Waals surface area contributed by atoms with Gasteiger partial charge in [0.05, 0.1) is 19.6 Å². The third-order valence-corrected chi connectivity index (χ3v) is 5.77. The Hall–Kier alpha value is -4.73. The number of thiazole rings is 2. The molecular formula is C24H26F6N8O6S2. The maximum atomic E-state index is 12.7. The van der Waals surface area contributed by atoms with E-state index in [1.807, 2.05) is 0 Å². The van der Waals surface area contributed by atoms with Gasteiger partial charge in [0.25, 0.3) is 0 Å². The zero-order valence-electron chi connectivity index (χ0n) is 24.3. The highest BCUT2D eigenvalue weighted by Gasteiger charge is 2.38. The first-order chi connectivity index (χ1) is 21.3. The Kier molecular flexibility index (Phi) is 15.1. The number of carbonyl (C=O) groups is 4. The number of nitrogens with zero attached hydrogens (tertiary/aromatic N) is 5. The fourth-order valence-corrected chi connectivity index (χ4v) is 3.90. The Morgan fingerprint density at radius 1 is 0.891 bits per heavy atom. The summed E-state index contributed by atoms with van der Waals surface area (Å²) in [7, 11) is 0. The number of rotatable bonds is 9. The summed E-state index contributed by atoms with van der Waals surface area (Å²) in [5.41, 5.74) is 9.69. The number of hydrogen-bond acceptors (Lipinski definition) is 14. The molecule has 3 heterocycles. The number of alkyl halides is 6. The first-order valence-electron chi connectivity index (χ1n) is 12.4. The van der Waals surface area contributed by atoms with Gasteiger partial charge in [0.15, 0.2) is 22.5 Å². The normalized spacial score (nSPS) is 10.7. The minimum absolute atomic E-state index is 0.0676. The average molecular weight is 701 g/mol. The summed E-state index contributed by atoms with van der Waals surface area (Å²) < 4.78 is 81.5. The molecule has 0 aliphatic carbocycles. The minimum Gasteiger partial charge on any atom is -0.461 e. The van der Waals surface area contributed by atoms with Crippen LogP contribution in [0.3, 0.4) is 0 Å². The van der Waals surface area contributed by atoms with E-state index in [9.17, 15) is 45.5 Å². The number of carbonyl (C=O) groups excluding carboxylic acids is 4. The molecule has 0 spiro atoms. The number of halogens is 6. The number of nitrogens with one attached hydrogen (secondary N) is 1. The Balaban J connectivity index is 0.000000379. The third-order valence-electron chi connectivity index (χ3n) is 4.28. The fraction of sp³-hybridized carbons (Fsp3) is 0.375. The number of ether oxygens (including phenoxy) is 2. The second-order valence-corrected chi connectivity index (χ2v) is 9.87. The highest BCUT2D eigenvalue weighted by atomic mass is 32.1. The van der Waals surface area contributed by atoms with Gasteiger partial charge in [-0.05, 0) is 33.8 Å². The molecule has 0 fully saturated rings. The van der Waals surface area contributed by atoms with E-state index in [0.717, 1.165) is 24.3 Å². The molecule has 0 saturated heterocycles. The van der Waals surface area contributed by atoms with Crippen LogP contribution in [-0.2, 0) is 25.2 Å². The summed E-state index contributed by atoms with van der Waals surface area (Å²) >= 11 is 2.21. The number of hydrogen-bond donors (Lipinski definition) is 3. The van der Waals surface area contributed by atoms with Crippen LogP contribution in [0.4, 0.5) is 42.6 Å². The van der Waals surface area contributed by atoms with E-state index in [1.54, 1.807) is 19.2 Å². The number of Topliss-reactive ketones (excluding diaryl/α,β-unsaturated/α-hetero) is 2. The van der Waals surface area contributed by atoms with Crippen LogP contribution >= 0.6 is 22.7 Å². The third kappa shape index (κ3) is 14.4. The standard InChI is InChI=1S/C12H11F3N4O2S.C7H10N4O2S.C5H5F3O2/c1-3-21-9(20)7-5-22-11(17-7)19-10-16-6(2)4-8(18-10)12(13,14)15;1-2-13-5(12)4-3-14-7(10-4)11-6(8)9;1-3(9)2-4(10)5(6,7)8/h4-5H,3H2,1-2H3,(H,16,17,18,19);3H,2H2,1H3,(H4,8,9,10,11);2H2,1H3. The number of anilines is 2. The molecule has 0 amide bonds. The van der Waals surface area contributed by atoms with Gasteiger partial charge in [0.2, 0.25) is 16.9 Å². The Bertz CT molecular complexity index is 1540. The van der Waals surface area contributed by atoms with Crippen LogP contribution in [0, 0.1) is 6.92 Å². The number of aromatic nitrogens is 4. The molecule has 0 radical (unpaired) electrons. The average Bonchev–Trinajstić information content (AvgIpc) is 3.58. The molecule has 0 atom stereocenters. The lowest BCUT2D eigenvalue weighted by Gasteiger charge is -2.08. The molecule has 22 heteroatoms. The van der Waals surface area contributed by atoms with Crippen molar-refractivity contribution in [1.29, 1.82) is 0 Å². The van der Waals surface area contributed by atoms with Crippen molar-refractivity contribution in [2.24, 2.45) is 16.5 Å². The molecule has 0 aliphatic heterocycles. The van der Waals surface area contributed by atoms with Gasteiger partial charge in [-0.3, -0.25) is 9.59 Å². The maximum absolute atomic E-state index is 12.7. The molecule has 3 aromatic heterocycles. The molecule has 46 heavy (non-hydrogen) atoms. The summed E-state index contributed by atoms with van der Waals surface area (Å²) in [4.78, 5) is 61.3. The maximum Gasteiger partial charge on any atom is 0.450 e. The van der Waals surface area contributed by atoms with Gasteiger partial charge in [-0.25, -0.2) is 29.5 Å². The van der Waals surface area contributed by atoms with Crippen molar-refractivity contribution in [3.05, 3.63) is 39.6 Å². The van der Waals surface area contributed by atoms with Gasteiger partial charge < -0.3 is 26.3 Å². The molecule has 252 valence electrons. The lowest BCUT2D eigenvalue weighted by atomic mass is 10.2. The first-order valence-corrected chi connectivity index (χ1v) is 14.2. The van der Waals surface area contributed by atoms with Crippen molar-refractivity contribution in [3.63, 3.8) is 0 Å². The lowest BCUT2D eigenvalue weighted by Crippen LogP contribution is -2.24. The lowest BCUT2D eigenvalue weighted by molar-refractivity contribution is -0.171. The van der Waals surface area contributed by atoms with Crippen molar-refractivity contribution >= 4 is 68.3 Å². The number of ketones is 2. The number of aliphatic imine (C=N–C) groups is 1. The second kappa shape index (κ2) is 17.7. The molecular weight excluding hydrogens is 674 g/mol. The van der Waals surface area contributed by atoms with Gasteiger partial charge in [-0.15, -0.1) is 22.7 Å². The van der Waals surface area contributed by atoms with Gasteiger partial charge in [-0.2, -0.15) is 31.3 Å². The summed E-state index contributed by atoms with van der Waals surface area (Å²) in [6.45, 7) is 6.25. The molecule has 0 aliphatic rings. The number of nitrogens with two attached hydrogens (primary N) is 2. The predicted octanol–water partition coefficient (Wildman–Crippen LogP) is 4.50. The summed E-state index contributed by atoms with van der Waals surface area (Å²) in [5.74, 6) is -4.16. The zero-order chi connectivity index (χ0) is 35.2. The monoisotopic (exact) mass is 700 g/mol. The zero-order valence-corrected chi connectivity index (χ0v) is 25.9. The Morgan fingerprint density at radius 2 is 1.43 bits per heavy atom. The number of guanidine groups is 1. The number of aryl methyl sites for hydroxylation is 1. The van der Waals surface area contributed by atoms with E-state index in [0.29, 0.717) is 11.7 Å². The van der Waals surface area contributed by atoms with Crippen molar-refractivity contribution < 1.29 is 55.0 Å². The largest absolute Gasteiger partial charge is 0.461 e. The first kappa shape index (κ1) is 39.3. The van der Waals surface area contributed by atoms with Crippen LogP contribution in [-0.4, -0.2) is 68.8 Å². The molecule has 3 aromatic rings. The molecule has 0 unspecified atom stereocenters. The van der Waals surface area contributed by atoms with Crippen LogP contribution in [0.25, 0.3) is 0 Å². The number of esters is 2.